The Morgan fingerprint density at radius 2 is 1.10 bits per heavy atom. The molecule has 0 bridgehead atoms. The van der Waals surface area contributed by atoms with Gasteiger partial charge >= 0.3 is 11.9 Å². The molecule has 0 saturated heterocycles. The largest absolute Gasteiger partial charge is 0.544 e. The maximum Gasteiger partial charge on any atom is 0.306 e. The zero-order valence-corrected chi connectivity index (χ0v) is 34.0. The monoisotopic (exact) mass is 732 g/mol. The van der Waals surface area contributed by atoms with Crippen molar-refractivity contribution in [2.24, 2.45) is 0 Å². The molecule has 0 spiro atoms. The van der Waals surface area contributed by atoms with Crippen LogP contribution in [0.15, 0.2) is 48.6 Å². The van der Waals surface area contributed by atoms with E-state index in [1.807, 2.05) is 0 Å². The second-order valence-electron chi connectivity index (χ2n) is 14.8. The molecule has 0 amide bonds. The number of rotatable bonds is 36. The van der Waals surface area contributed by atoms with Crippen molar-refractivity contribution in [1.82, 2.24) is 0 Å². The highest BCUT2D eigenvalue weighted by atomic mass is 16.6. The molecule has 0 saturated carbocycles. The number of carboxylic acids is 1. The molecule has 0 aromatic rings. The number of carbonyl (C=O) groups is 3. The lowest BCUT2D eigenvalue weighted by molar-refractivity contribution is -0.889. The number of esters is 2. The first-order valence-electron chi connectivity index (χ1n) is 20.7. The van der Waals surface area contributed by atoms with Gasteiger partial charge in [0, 0.05) is 19.3 Å². The third-order valence-corrected chi connectivity index (χ3v) is 8.95. The number of likely N-dealkylation sites (N-methyl/N-ethyl adjacent to an activating group) is 1. The van der Waals surface area contributed by atoms with E-state index in [2.05, 4.69) is 62.5 Å². The third kappa shape index (κ3) is 33.1. The lowest BCUT2D eigenvalue weighted by Gasteiger charge is -2.34. The lowest BCUT2D eigenvalue weighted by Crippen LogP contribution is -2.55. The Morgan fingerprint density at radius 1 is 0.596 bits per heavy atom. The Hall–Kier alpha value is -2.71. The summed E-state index contributed by atoms with van der Waals surface area (Å²) < 4.78 is 17.0. The van der Waals surface area contributed by atoms with Crippen LogP contribution < -0.4 is 5.11 Å². The first-order chi connectivity index (χ1) is 25.1. The molecule has 0 heterocycles. The van der Waals surface area contributed by atoms with Gasteiger partial charge < -0.3 is 28.6 Å². The minimum absolute atomic E-state index is 0.0271. The van der Waals surface area contributed by atoms with Crippen LogP contribution >= 0.6 is 0 Å². The highest BCUT2D eigenvalue weighted by molar-refractivity contribution is 5.70. The van der Waals surface area contributed by atoms with Crippen LogP contribution in [0.25, 0.3) is 0 Å². The minimum atomic E-state index is -1.13. The maximum absolute atomic E-state index is 12.6. The Morgan fingerprint density at radius 3 is 1.67 bits per heavy atom. The highest BCUT2D eigenvalue weighted by Gasteiger charge is 2.25. The van der Waals surface area contributed by atoms with Crippen molar-refractivity contribution in [3.8, 4) is 0 Å². The molecule has 0 aliphatic heterocycles. The van der Waals surface area contributed by atoms with Crippen molar-refractivity contribution in [3.63, 3.8) is 0 Å². The van der Waals surface area contributed by atoms with Gasteiger partial charge in [0.05, 0.1) is 40.3 Å². The summed E-state index contributed by atoms with van der Waals surface area (Å²) in [6.45, 7) is 4.47. The minimum Gasteiger partial charge on any atom is -0.544 e. The van der Waals surface area contributed by atoms with Gasteiger partial charge in [0.1, 0.15) is 12.6 Å². The predicted molar refractivity (Wildman–Crippen MR) is 213 cm³/mol. The van der Waals surface area contributed by atoms with E-state index in [-0.39, 0.29) is 49.1 Å². The van der Waals surface area contributed by atoms with E-state index in [0.29, 0.717) is 12.8 Å². The number of ether oxygens (including phenoxy) is 3. The molecule has 0 rings (SSSR count). The third-order valence-electron chi connectivity index (χ3n) is 8.95. The van der Waals surface area contributed by atoms with Crippen LogP contribution in [0, 0.1) is 0 Å². The number of nitrogens with zero attached hydrogens (tertiary/aromatic N) is 1. The molecule has 300 valence electrons. The van der Waals surface area contributed by atoms with Crippen molar-refractivity contribution < 1.29 is 38.2 Å². The zero-order chi connectivity index (χ0) is 38.5. The van der Waals surface area contributed by atoms with Crippen molar-refractivity contribution >= 4 is 17.9 Å². The second-order valence-corrected chi connectivity index (χ2v) is 14.8. The van der Waals surface area contributed by atoms with Crippen LogP contribution in [0.2, 0.25) is 0 Å². The van der Waals surface area contributed by atoms with E-state index < -0.39 is 18.1 Å². The molecule has 2 unspecified atom stereocenters. The average Bonchev–Trinajstić information content (AvgIpc) is 3.09. The van der Waals surface area contributed by atoms with Gasteiger partial charge in [-0.05, 0) is 64.2 Å². The summed E-state index contributed by atoms with van der Waals surface area (Å²) in [4.78, 5) is 36.6. The van der Waals surface area contributed by atoms with Gasteiger partial charge in [0.25, 0.3) is 0 Å². The summed E-state index contributed by atoms with van der Waals surface area (Å²) in [7, 11) is 5.38. The van der Waals surface area contributed by atoms with E-state index in [9.17, 15) is 19.5 Å². The molecular weight excluding hydrogens is 654 g/mol. The van der Waals surface area contributed by atoms with Gasteiger partial charge in [0.15, 0.2) is 6.10 Å². The van der Waals surface area contributed by atoms with Gasteiger partial charge in [-0.25, -0.2) is 0 Å². The van der Waals surface area contributed by atoms with E-state index in [0.717, 1.165) is 57.8 Å². The second kappa shape index (κ2) is 35.3. The zero-order valence-electron chi connectivity index (χ0n) is 34.0. The molecule has 0 fully saturated rings. The molecule has 8 nitrogen and oxygen atoms in total. The summed E-state index contributed by atoms with van der Waals surface area (Å²) >= 11 is 0. The summed E-state index contributed by atoms with van der Waals surface area (Å²) in [6, 6.07) is -0.729. The van der Waals surface area contributed by atoms with Crippen LogP contribution in [0.4, 0.5) is 0 Å². The molecule has 8 heteroatoms. The first-order valence-corrected chi connectivity index (χ1v) is 20.7. The van der Waals surface area contributed by atoms with Gasteiger partial charge in [-0.2, -0.15) is 0 Å². The van der Waals surface area contributed by atoms with Gasteiger partial charge in [-0.1, -0.05) is 127 Å². The van der Waals surface area contributed by atoms with E-state index in [1.165, 1.54) is 64.2 Å². The SMILES string of the molecule is CC/C=C/C/C=C/C/C=C/CCCCCCCCCCCC(=O)OCC(COCCC(C(=O)[O-])[N+](C)(C)C)OC(=O)CCC/C=C/CCCCCC. The number of hydrogen-bond donors (Lipinski definition) is 0. The van der Waals surface area contributed by atoms with Crippen molar-refractivity contribution in [3.05, 3.63) is 48.6 Å². The molecule has 52 heavy (non-hydrogen) atoms. The molecular formula is C44H77NO7. The molecule has 0 N–H and O–H groups in total. The van der Waals surface area contributed by atoms with Crippen molar-refractivity contribution in [1.29, 1.82) is 0 Å². The number of carboxylic acid groups (broad SMARTS) is 1. The normalized spacial score (nSPS) is 13.5. The fourth-order valence-electron chi connectivity index (χ4n) is 5.73. The summed E-state index contributed by atoms with van der Waals surface area (Å²) in [6.07, 6.45) is 40.1. The number of allylic oxidation sites excluding steroid dienone is 8. The predicted octanol–water partition coefficient (Wildman–Crippen LogP) is 9.52. The van der Waals surface area contributed by atoms with Gasteiger partial charge in [-0.3, -0.25) is 9.59 Å². The molecule has 2 atom stereocenters. The first kappa shape index (κ1) is 49.3. The molecule has 0 aliphatic carbocycles. The van der Waals surface area contributed by atoms with Gasteiger partial charge in [-0.15, -0.1) is 0 Å². The number of aliphatic carboxylic acids is 1. The Labute approximate surface area is 318 Å². The smallest absolute Gasteiger partial charge is 0.306 e. The number of unbranched alkanes of at least 4 members (excludes halogenated alkanes) is 14. The fraction of sp³-hybridized carbons (Fsp3) is 0.750. The van der Waals surface area contributed by atoms with Crippen LogP contribution in [0.3, 0.4) is 0 Å². The van der Waals surface area contributed by atoms with Crippen LogP contribution in [-0.4, -0.2) is 75.5 Å². The average molecular weight is 732 g/mol. The molecule has 0 aromatic carbocycles. The topological polar surface area (TPSA) is 102 Å². The Bertz CT molecular complexity index is 995. The van der Waals surface area contributed by atoms with Crippen LogP contribution in [0.1, 0.15) is 162 Å². The van der Waals surface area contributed by atoms with Gasteiger partial charge in [0.2, 0.25) is 0 Å². The lowest BCUT2D eigenvalue weighted by atomic mass is 10.1. The van der Waals surface area contributed by atoms with Crippen molar-refractivity contribution in [2.45, 2.75) is 174 Å². The summed E-state index contributed by atoms with van der Waals surface area (Å²) in [5.41, 5.74) is 0. The fourth-order valence-corrected chi connectivity index (χ4v) is 5.73. The molecule has 0 radical (unpaired) electrons. The Kier molecular flexibility index (Phi) is 33.5. The molecule has 0 aliphatic rings. The quantitative estimate of drug-likeness (QED) is 0.0274. The van der Waals surface area contributed by atoms with E-state index in [4.69, 9.17) is 14.2 Å². The van der Waals surface area contributed by atoms with Crippen LogP contribution in [-0.2, 0) is 28.6 Å². The summed E-state index contributed by atoms with van der Waals surface area (Å²) in [5.74, 6) is -1.79. The molecule has 0 aromatic heterocycles. The summed E-state index contributed by atoms with van der Waals surface area (Å²) in [5, 5.41) is 11.6. The van der Waals surface area contributed by atoms with Crippen LogP contribution in [0.5, 0.6) is 0 Å². The number of carbonyl (C=O) groups excluding carboxylic acids is 3. The number of hydrogen-bond acceptors (Lipinski definition) is 7. The maximum atomic E-state index is 12.6. The highest BCUT2D eigenvalue weighted by Crippen LogP contribution is 2.13. The standard InChI is InChI=1S/C44H77NO7/c1-6-8-10-12-14-16-17-18-19-20-21-22-23-24-25-27-28-30-32-34-42(46)51-39-40(38-50-37-36-41(44(48)49)45(3,4)5)52-43(47)35-33-31-29-26-15-13-11-9-7-2/h8,10,14,16,18-19,26,29,40-41H,6-7,9,11-13,15,17,20-25,27-28,30-39H2,1-5H3/b10-8+,16-14+,19-18+,29-26+. The van der Waals surface area contributed by atoms with Crippen molar-refractivity contribution in [2.75, 3.05) is 41.0 Å². The van der Waals surface area contributed by atoms with E-state index in [1.54, 1.807) is 21.1 Å². The Balaban J connectivity index is 4.30. The van der Waals surface area contributed by atoms with E-state index >= 15 is 0 Å². The number of quaternary nitrogens is 1.